The number of hydrogen-bond donors (Lipinski definition) is 1. The second kappa shape index (κ2) is 13.9. The average molecular weight is 500 g/mol. The van der Waals surface area contributed by atoms with Crippen LogP contribution >= 0.6 is 11.6 Å². The maximum absolute atomic E-state index is 10.9. The van der Waals surface area contributed by atoms with Gasteiger partial charge in [-0.05, 0) is 86.0 Å². The Morgan fingerprint density at radius 3 is 2.31 bits per heavy atom. The van der Waals surface area contributed by atoms with Crippen molar-refractivity contribution in [2.24, 2.45) is 17.6 Å². The van der Waals surface area contributed by atoms with E-state index in [2.05, 4.69) is 54.8 Å². The van der Waals surface area contributed by atoms with Crippen molar-refractivity contribution in [3.63, 3.8) is 0 Å². The van der Waals surface area contributed by atoms with E-state index >= 15 is 0 Å². The Balaban J connectivity index is 1.56. The van der Waals surface area contributed by atoms with Crippen molar-refractivity contribution in [2.75, 3.05) is 31.1 Å². The lowest BCUT2D eigenvalue weighted by Gasteiger charge is -2.40. The summed E-state index contributed by atoms with van der Waals surface area (Å²) in [5, 5.41) is 0.738. The summed E-state index contributed by atoms with van der Waals surface area (Å²) < 4.78 is 6.00. The Bertz CT molecular complexity index is 880. The van der Waals surface area contributed by atoms with Crippen LogP contribution in [0.15, 0.2) is 48.5 Å². The molecular weight excluding hydrogens is 458 g/mol. The van der Waals surface area contributed by atoms with Crippen LogP contribution < -0.4 is 15.4 Å². The lowest BCUT2D eigenvalue weighted by molar-refractivity contribution is -0.109. The van der Waals surface area contributed by atoms with Crippen LogP contribution in [0.4, 0.5) is 5.69 Å². The minimum atomic E-state index is -0.350. The molecule has 1 heterocycles. The number of nitrogens with zero attached hydrogens (tertiary/aromatic N) is 2. The Morgan fingerprint density at radius 1 is 1.06 bits per heavy atom. The van der Waals surface area contributed by atoms with Crippen molar-refractivity contribution >= 4 is 23.6 Å². The third-order valence-corrected chi connectivity index (χ3v) is 7.40. The Hall–Kier alpha value is -2.08. The SMILES string of the molecule is CC(C)CCN(c1ccc(OCc2ccc(Cl)cc2)cc1)C1CCN(CCC(C)C(N)C=O)CC1. The molecule has 0 radical (unpaired) electrons. The highest BCUT2D eigenvalue weighted by Gasteiger charge is 2.25. The van der Waals surface area contributed by atoms with Crippen LogP contribution in [0.3, 0.4) is 0 Å². The number of anilines is 1. The lowest BCUT2D eigenvalue weighted by atomic mass is 9.97. The summed E-state index contributed by atoms with van der Waals surface area (Å²) in [4.78, 5) is 16.1. The van der Waals surface area contributed by atoms with E-state index in [0.717, 1.165) is 68.1 Å². The molecule has 0 amide bonds. The molecule has 6 heteroatoms. The van der Waals surface area contributed by atoms with Gasteiger partial charge in [0, 0.05) is 36.4 Å². The predicted molar refractivity (Wildman–Crippen MR) is 146 cm³/mol. The first-order valence-corrected chi connectivity index (χ1v) is 13.4. The molecule has 35 heavy (non-hydrogen) atoms. The highest BCUT2D eigenvalue weighted by Crippen LogP contribution is 2.27. The third kappa shape index (κ3) is 8.82. The molecule has 192 valence electrons. The van der Waals surface area contributed by atoms with Gasteiger partial charge in [0.1, 0.15) is 18.6 Å². The number of nitrogens with two attached hydrogens (primary N) is 1. The normalized spacial score (nSPS) is 16.7. The van der Waals surface area contributed by atoms with Crippen molar-refractivity contribution in [2.45, 2.75) is 65.1 Å². The average Bonchev–Trinajstić information content (AvgIpc) is 2.87. The molecule has 0 aromatic heterocycles. The minimum absolute atomic E-state index is 0.230. The summed E-state index contributed by atoms with van der Waals surface area (Å²) in [5.41, 5.74) is 8.25. The van der Waals surface area contributed by atoms with Crippen LogP contribution in [0.2, 0.25) is 5.02 Å². The van der Waals surface area contributed by atoms with E-state index < -0.39 is 0 Å². The van der Waals surface area contributed by atoms with Crippen molar-refractivity contribution in [1.82, 2.24) is 4.90 Å². The first-order valence-electron chi connectivity index (χ1n) is 13.0. The fourth-order valence-corrected chi connectivity index (χ4v) is 4.69. The lowest BCUT2D eigenvalue weighted by Crippen LogP contribution is -2.46. The van der Waals surface area contributed by atoms with E-state index in [1.54, 1.807) is 0 Å². The Kier molecular flexibility index (Phi) is 10.9. The molecule has 0 aliphatic carbocycles. The van der Waals surface area contributed by atoms with Crippen LogP contribution in [0.25, 0.3) is 0 Å². The van der Waals surface area contributed by atoms with E-state index in [4.69, 9.17) is 22.1 Å². The zero-order chi connectivity index (χ0) is 25.2. The number of aldehydes is 1. The van der Waals surface area contributed by atoms with Crippen LogP contribution in [-0.4, -0.2) is 49.4 Å². The quantitative estimate of drug-likeness (QED) is 0.353. The zero-order valence-electron chi connectivity index (χ0n) is 21.5. The van der Waals surface area contributed by atoms with Gasteiger partial charge in [0.2, 0.25) is 0 Å². The van der Waals surface area contributed by atoms with Gasteiger partial charge < -0.3 is 25.1 Å². The highest BCUT2D eigenvalue weighted by molar-refractivity contribution is 6.30. The summed E-state index contributed by atoms with van der Waals surface area (Å²) in [6, 6.07) is 16.5. The summed E-state index contributed by atoms with van der Waals surface area (Å²) in [6.07, 6.45) is 5.33. The number of halogens is 1. The van der Waals surface area contributed by atoms with Crippen molar-refractivity contribution < 1.29 is 9.53 Å². The Labute approximate surface area is 216 Å². The molecule has 3 rings (SSSR count). The highest BCUT2D eigenvalue weighted by atomic mass is 35.5. The maximum atomic E-state index is 10.9. The van der Waals surface area contributed by atoms with Crippen molar-refractivity contribution in [3.8, 4) is 5.75 Å². The van der Waals surface area contributed by atoms with Crippen molar-refractivity contribution in [1.29, 1.82) is 0 Å². The number of likely N-dealkylation sites (tertiary alicyclic amines) is 1. The summed E-state index contributed by atoms with van der Waals surface area (Å²) >= 11 is 5.97. The van der Waals surface area contributed by atoms with Crippen LogP contribution in [-0.2, 0) is 11.4 Å². The fourth-order valence-electron chi connectivity index (χ4n) is 4.57. The molecule has 0 spiro atoms. The number of rotatable bonds is 13. The smallest absolute Gasteiger partial charge is 0.136 e. The fraction of sp³-hybridized carbons (Fsp3) is 0.552. The molecule has 2 atom stereocenters. The summed E-state index contributed by atoms with van der Waals surface area (Å²) in [5.74, 6) is 1.78. The molecule has 2 unspecified atom stereocenters. The van der Waals surface area contributed by atoms with E-state index in [0.29, 0.717) is 18.6 Å². The van der Waals surface area contributed by atoms with Crippen molar-refractivity contribution in [3.05, 3.63) is 59.1 Å². The van der Waals surface area contributed by atoms with Gasteiger partial charge in [0.25, 0.3) is 0 Å². The zero-order valence-corrected chi connectivity index (χ0v) is 22.3. The van der Waals surface area contributed by atoms with Gasteiger partial charge in [-0.15, -0.1) is 0 Å². The standard InChI is InChI=1S/C29H42ClN3O2/c1-22(2)12-19-33(27-14-17-32(18-15-27)16-13-23(3)29(31)20-34)26-8-10-28(11-9-26)35-21-24-4-6-25(30)7-5-24/h4-11,20,22-23,27,29H,12-19,21,31H2,1-3H3. The van der Waals surface area contributed by atoms with Gasteiger partial charge in [-0.2, -0.15) is 0 Å². The first kappa shape index (κ1) is 27.5. The molecule has 1 saturated heterocycles. The van der Waals surface area contributed by atoms with Gasteiger partial charge in [-0.25, -0.2) is 0 Å². The molecule has 1 aliphatic rings. The summed E-state index contributed by atoms with van der Waals surface area (Å²) in [6.45, 7) is 11.5. The maximum Gasteiger partial charge on any atom is 0.136 e. The van der Waals surface area contributed by atoms with Gasteiger partial charge in [0.15, 0.2) is 0 Å². The number of carbonyl (C=O) groups excluding carboxylic acids is 1. The summed E-state index contributed by atoms with van der Waals surface area (Å²) in [7, 11) is 0. The molecule has 0 saturated carbocycles. The van der Waals surface area contributed by atoms with Gasteiger partial charge >= 0.3 is 0 Å². The van der Waals surface area contributed by atoms with E-state index in [9.17, 15) is 4.79 Å². The van der Waals surface area contributed by atoms with E-state index in [-0.39, 0.29) is 12.0 Å². The number of benzene rings is 2. The predicted octanol–water partition coefficient (Wildman–Crippen LogP) is 5.79. The topological polar surface area (TPSA) is 58.8 Å². The van der Waals surface area contributed by atoms with E-state index in [1.807, 2.05) is 24.3 Å². The number of ether oxygens (including phenoxy) is 1. The molecule has 2 aromatic rings. The third-order valence-electron chi connectivity index (χ3n) is 7.15. The molecule has 2 aromatic carbocycles. The number of piperidine rings is 1. The number of hydrogen-bond acceptors (Lipinski definition) is 5. The van der Waals surface area contributed by atoms with E-state index in [1.165, 1.54) is 12.1 Å². The van der Waals surface area contributed by atoms with Crippen LogP contribution in [0, 0.1) is 11.8 Å². The minimum Gasteiger partial charge on any atom is -0.489 e. The second-order valence-electron chi connectivity index (χ2n) is 10.3. The van der Waals surface area contributed by atoms with Gasteiger partial charge in [0.05, 0.1) is 6.04 Å². The van der Waals surface area contributed by atoms with Gasteiger partial charge in [-0.1, -0.05) is 44.5 Å². The number of carbonyl (C=O) groups is 1. The molecule has 2 N–H and O–H groups in total. The first-order chi connectivity index (χ1) is 16.9. The van der Waals surface area contributed by atoms with Gasteiger partial charge in [-0.3, -0.25) is 0 Å². The molecule has 5 nitrogen and oxygen atoms in total. The second-order valence-corrected chi connectivity index (χ2v) is 10.8. The van der Waals surface area contributed by atoms with Crippen LogP contribution in [0.1, 0.15) is 52.0 Å². The Morgan fingerprint density at radius 2 is 1.71 bits per heavy atom. The molecule has 0 bridgehead atoms. The molecular formula is C29H42ClN3O2. The van der Waals surface area contributed by atoms with Crippen LogP contribution in [0.5, 0.6) is 5.75 Å². The molecule has 1 aliphatic heterocycles. The largest absolute Gasteiger partial charge is 0.489 e. The monoisotopic (exact) mass is 499 g/mol. The molecule has 1 fully saturated rings.